The maximum absolute atomic E-state index is 14.3. The van der Waals surface area contributed by atoms with E-state index in [1.54, 1.807) is 9.80 Å². The van der Waals surface area contributed by atoms with Gasteiger partial charge in [-0.1, -0.05) is 18.2 Å². The van der Waals surface area contributed by atoms with Crippen LogP contribution in [-0.4, -0.2) is 82.7 Å². The Balaban J connectivity index is 1.56. The van der Waals surface area contributed by atoms with Crippen LogP contribution >= 0.6 is 11.8 Å². The number of fused-ring (bicyclic) bond motifs is 2. The fraction of sp³-hybridized carbons (Fsp3) is 0.536. The van der Waals surface area contributed by atoms with Crippen molar-refractivity contribution in [1.29, 1.82) is 0 Å². The van der Waals surface area contributed by atoms with Gasteiger partial charge in [0.05, 0.1) is 16.6 Å². The zero-order valence-corrected chi connectivity index (χ0v) is 22.4. The van der Waals surface area contributed by atoms with Gasteiger partial charge in [0.1, 0.15) is 12.6 Å². The zero-order valence-electron chi connectivity index (χ0n) is 21.6. The third-order valence-electron chi connectivity index (χ3n) is 8.16. The predicted octanol–water partition coefficient (Wildman–Crippen LogP) is 2.62. The molecule has 4 aliphatic heterocycles. The van der Waals surface area contributed by atoms with E-state index in [-0.39, 0.29) is 31.6 Å². The molecule has 5 atom stereocenters. The van der Waals surface area contributed by atoms with Gasteiger partial charge in [-0.05, 0) is 57.5 Å². The summed E-state index contributed by atoms with van der Waals surface area (Å²) in [5.41, 5.74) is 1.86. The second kappa shape index (κ2) is 9.83. The number of hydrogen-bond donors (Lipinski definition) is 1. The van der Waals surface area contributed by atoms with Crippen LogP contribution in [0.15, 0.2) is 48.6 Å². The third kappa shape index (κ3) is 3.98. The van der Waals surface area contributed by atoms with E-state index in [0.717, 1.165) is 24.5 Å². The molecule has 0 bridgehead atoms. The lowest BCUT2D eigenvalue weighted by atomic mass is 9.75. The summed E-state index contributed by atoms with van der Waals surface area (Å²) in [6, 6.07) is 7.17. The van der Waals surface area contributed by atoms with E-state index >= 15 is 0 Å². The summed E-state index contributed by atoms with van der Waals surface area (Å²) in [5.74, 6) is -2.19. The maximum atomic E-state index is 14.3. The Labute approximate surface area is 222 Å². The summed E-state index contributed by atoms with van der Waals surface area (Å²) in [6.45, 7) is 8.69. The SMILES string of the molecule is CCN(CC)c1ccc(N2CC=C[C@]34S[C@@]5(C)C=CCOC(=O)[C@H]5[C@H]3C(=O)N(CCCO)C4C2=O)cc1. The first kappa shape index (κ1) is 25.9. The molecule has 2 saturated heterocycles. The molecule has 5 rings (SSSR count). The minimum Gasteiger partial charge on any atom is -0.461 e. The van der Waals surface area contributed by atoms with Crippen LogP contribution in [0.5, 0.6) is 0 Å². The summed E-state index contributed by atoms with van der Waals surface area (Å²) in [4.78, 5) is 47.1. The minimum atomic E-state index is -0.903. The van der Waals surface area contributed by atoms with Crippen molar-refractivity contribution in [2.75, 3.05) is 49.2 Å². The Morgan fingerprint density at radius 2 is 1.78 bits per heavy atom. The predicted molar refractivity (Wildman–Crippen MR) is 145 cm³/mol. The number of aliphatic hydroxyl groups excluding tert-OH is 1. The van der Waals surface area contributed by atoms with Crippen LogP contribution in [0.3, 0.4) is 0 Å². The highest BCUT2D eigenvalue weighted by atomic mass is 32.2. The van der Waals surface area contributed by atoms with Crippen molar-refractivity contribution < 1.29 is 24.2 Å². The Hall–Kier alpha value is -2.78. The summed E-state index contributed by atoms with van der Waals surface area (Å²) in [6.07, 6.45) is 8.11. The lowest BCUT2D eigenvalue weighted by Gasteiger charge is -2.36. The lowest BCUT2D eigenvalue weighted by molar-refractivity contribution is -0.152. The molecule has 1 N–H and O–H groups in total. The van der Waals surface area contributed by atoms with Crippen molar-refractivity contribution >= 4 is 40.9 Å². The molecule has 0 aromatic heterocycles. The maximum Gasteiger partial charge on any atom is 0.311 e. The second-order valence-electron chi connectivity index (χ2n) is 10.2. The summed E-state index contributed by atoms with van der Waals surface area (Å²) in [7, 11) is 0. The molecular formula is C28H35N3O5S. The molecule has 4 aliphatic rings. The summed E-state index contributed by atoms with van der Waals surface area (Å²) >= 11 is 1.53. The molecule has 37 heavy (non-hydrogen) atoms. The van der Waals surface area contributed by atoms with Gasteiger partial charge in [-0.2, -0.15) is 0 Å². The molecule has 2 amide bonds. The largest absolute Gasteiger partial charge is 0.461 e. The lowest BCUT2D eigenvalue weighted by Crippen LogP contribution is -2.53. The fourth-order valence-electron chi connectivity index (χ4n) is 6.50. The monoisotopic (exact) mass is 525 g/mol. The van der Waals surface area contributed by atoms with E-state index < -0.39 is 33.3 Å². The van der Waals surface area contributed by atoms with Crippen LogP contribution in [-0.2, 0) is 19.1 Å². The quantitative estimate of drug-likeness (QED) is 0.432. The number of nitrogens with zero attached hydrogens (tertiary/aromatic N) is 3. The van der Waals surface area contributed by atoms with E-state index in [1.165, 1.54) is 11.8 Å². The average Bonchev–Trinajstić information content (AvgIpc) is 3.14. The number of carbonyl (C=O) groups is 3. The molecule has 2 fully saturated rings. The zero-order chi connectivity index (χ0) is 26.4. The molecule has 1 aromatic carbocycles. The standard InChI is InChI=1S/C28H35N3O5S/c1-4-29(5-2)19-9-11-20(12-10-19)30-15-6-14-28-21(22-26(35)36-18-7-13-27(22,3)37-28)24(33)31(16-8-17-32)23(28)25(30)34/h6-7,9-14,21-23,32H,4-5,8,15-18H2,1-3H3/t21-,22+,23?,27-,28-/m0/s1. The number of likely N-dealkylation sites (tertiary alicyclic amines) is 1. The van der Waals surface area contributed by atoms with Gasteiger partial charge in [0.25, 0.3) is 5.91 Å². The van der Waals surface area contributed by atoms with Gasteiger partial charge in [0.15, 0.2) is 0 Å². The first-order valence-electron chi connectivity index (χ1n) is 13.1. The van der Waals surface area contributed by atoms with E-state index in [4.69, 9.17) is 4.74 Å². The molecular weight excluding hydrogens is 490 g/mol. The molecule has 1 aromatic rings. The van der Waals surface area contributed by atoms with Crippen molar-refractivity contribution in [3.8, 4) is 0 Å². The van der Waals surface area contributed by atoms with E-state index in [2.05, 4.69) is 18.7 Å². The van der Waals surface area contributed by atoms with Gasteiger partial charge in [-0.25, -0.2) is 0 Å². The summed E-state index contributed by atoms with van der Waals surface area (Å²) in [5, 5.41) is 9.54. The van der Waals surface area contributed by atoms with E-state index in [1.807, 2.05) is 55.5 Å². The molecule has 198 valence electrons. The molecule has 0 radical (unpaired) electrons. The van der Waals surface area contributed by atoms with Gasteiger partial charge in [-0.3, -0.25) is 14.4 Å². The van der Waals surface area contributed by atoms with Crippen molar-refractivity contribution in [2.24, 2.45) is 11.8 Å². The molecule has 0 saturated carbocycles. The average molecular weight is 526 g/mol. The molecule has 9 heteroatoms. The number of hydrogen-bond acceptors (Lipinski definition) is 7. The van der Waals surface area contributed by atoms with Crippen molar-refractivity contribution in [3.05, 3.63) is 48.6 Å². The van der Waals surface area contributed by atoms with Crippen molar-refractivity contribution in [2.45, 2.75) is 42.7 Å². The first-order valence-corrected chi connectivity index (χ1v) is 13.9. The van der Waals surface area contributed by atoms with Crippen molar-refractivity contribution in [3.63, 3.8) is 0 Å². The van der Waals surface area contributed by atoms with Gasteiger partial charge < -0.3 is 24.5 Å². The van der Waals surface area contributed by atoms with Crippen LogP contribution in [0.2, 0.25) is 0 Å². The highest BCUT2D eigenvalue weighted by Crippen LogP contribution is 2.65. The number of amides is 2. The molecule has 4 heterocycles. The van der Waals surface area contributed by atoms with Crippen LogP contribution < -0.4 is 9.80 Å². The number of benzene rings is 1. The third-order valence-corrected chi connectivity index (χ3v) is 9.96. The molecule has 0 aliphatic carbocycles. The van der Waals surface area contributed by atoms with E-state index in [0.29, 0.717) is 13.0 Å². The van der Waals surface area contributed by atoms with Crippen molar-refractivity contribution in [1.82, 2.24) is 4.90 Å². The second-order valence-corrected chi connectivity index (χ2v) is 12.0. The number of carbonyl (C=O) groups excluding carboxylic acids is 3. The smallest absolute Gasteiger partial charge is 0.311 e. The van der Waals surface area contributed by atoms with Gasteiger partial charge in [-0.15, -0.1) is 11.8 Å². The Kier molecular flexibility index (Phi) is 6.87. The highest BCUT2D eigenvalue weighted by molar-refractivity contribution is 8.02. The number of rotatable bonds is 7. The fourth-order valence-corrected chi connectivity index (χ4v) is 8.65. The normalized spacial score (nSPS) is 32.5. The van der Waals surface area contributed by atoms with Crippen LogP contribution in [0, 0.1) is 11.8 Å². The topological polar surface area (TPSA) is 90.4 Å². The molecule has 8 nitrogen and oxygen atoms in total. The minimum absolute atomic E-state index is 0.0895. The number of cyclic esters (lactones) is 1. The van der Waals surface area contributed by atoms with Crippen LogP contribution in [0.1, 0.15) is 27.2 Å². The number of anilines is 2. The number of aliphatic hydroxyl groups is 1. The highest BCUT2D eigenvalue weighted by Gasteiger charge is 2.74. The van der Waals surface area contributed by atoms with Gasteiger partial charge in [0, 0.05) is 48.9 Å². The number of thioether (sulfide) groups is 1. The number of esters is 1. The summed E-state index contributed by atoms with van der Waals surface area (Å²) < 4.78 is 3.89. The Morgan fingerprint density at radius 3 is 2.46 bits per heavy atom. The molecule has 1 unspecified atom stereocenters. The van der Waals surface area contributed by atoms with E-state index in [9.17, 15) is 19.5 Å². The van der Waals surface area contributed by atoms with Crippen LogP contribution in [0.4, 0.5) is 11.4 Å². The Bertz CT molecular complexity index is 1130. The van der Waals surface area contributed by atoms with Gasteiger partial charge >= 0.3 is 5.97 Å². The first-order chi connectivity index (χ1) is 17.8. The van der Waals surface area contributed by atoms with Crippen LogP contribution in [0.25, 0.3) is 0 Å². The molecule has 1 spiro atoms. The number of ether oxygens (including phenoxy) is 1. The Morgan fingerprint density at radius 1 is 1.05 bits per heavy atom. The van der Waals surface area contributed by atoms with Gasteiger partial charge in [0.2, 0.25) is 5.91 Å².